The van der Waals surface area contributed by atoms with Crippen LogP contribution in [0.2, 0.25) is 0 Å². The number of benzene rings is 2. The van der Waals surface area contributed by atoms with Gasteiger partial charge in [-0.1, -0.05) is 0 Å². The maximum absolute atomic E-state index is 13.0. The molecule has 1 unspecified atom stereocenters. The zero-order valence-corrected chi connectivity index (χ0v) is 15.9. The number of hydrogen-bond acceptors (Lipinski definition) is 8. The van der Waals surface area contributed by atoms with Gasteiger partial charge >= 0.3 is 0 Å². The lowest BCUT2D eigenvalue weighted by Gasteiger charge is -2.19. The number of aliphatic hydroxyl groups is 3. The maximum atomic E-state index is 13.0. The molecule has 8 nitrogen and oxygen atoms in total. The molecule has 30 heavy (non-hydrogen) atoms. The molecule has 0 aliphatic carbocycles. The highest BCUT2D eigenvalue weighted by molar-refractivity contribution is 5.59. The average Bonchev–Trinajstić information content (AvgIpc) is 3.08. The summed E-state index contributed by atoms with van der Waals surface area (Å²) in [6.07, 6.45) is -3.06. The summed E-state index contributed by atoms with van der Waals surface area (Å²) in [6.45, 7) is 0.421. The molecule has 1 fully saturated rings. The highest BCUT2D eigenvalue weighted by Crippen LogP contribution is 2.28. The first-order valence-electron chi connectivity index (χ1n) is 9.36. The maximum Gasteiger partial charge on any atom is 0.161 e. The van der Waals surface area contributed by atoms with Crippen LogP contribution >= 0.6 is 0 Å². The van der Waals surface area contributed by atoms with Gasteiger partial charge < -0.3 is 30.7 Å². The molecular formula is C21H21FN4O4. The van der Waals surface area contributed by atoms with Crippen LogP contribution in [0.15, 0.2) is 54.6 Å². The van der Waals surface area contributed by atoms with Gasteiger partial charge in [-0.25, -0.2) is 14.4 Å². The summed E-state index contributed by atoms with van der Waals surface area (Å²) in [5.74, 6) is 1.48. The van der Waals surface area contributed by atoms with Crippen LogP contribution in [0.3, 0.4) is 0 Å². The van der Waals surface area contributed by atoms with E-state index in [2.05, 4.69) is 9.97 Å². The Balaban J connectivity index is 1.60. The van der Waals surface area contributed by atoms with Gasteiger partial charge in [-0.3, -0.25) is 0 Å². The van der Waals surface area contributed by atoms with E-state index in [0.29, 0.717) is 28.7 Å². The lowest BCUT2D eigenvalue weighted by molar-refractivity contribution is 0.0572. The van der Waals surface area contributed by atoms with Crippen LogP contribution in [0.5, 0.6) is 11.5 Å². The van der Waals surface area contributed by atoms with E-state index in [4.69, 9.17) is 10.5 Å². The second kappa shape index (κ2) is 8.33. The number of β-amino-alcohol motifs (C(OH)–C–C–N with tert-alkyl or cyclic N) is 2. The van der Waals surface area contributed by atoms with E-state index >= 15 is 0 Å². The van der Waals surface area contributed by atoms with Crippen molar-refractivity contribution in [3.63, 3.8) is 0 Å². The Morgan fingerprint density at radius 2 is 1.53 bits per heavy atom. The highest BCUT2D eigenvalue weighted by Gasteiger charge is 2.31. The Labute approximate surface area is 172 Å². The molecular weight excluding hydrogens is 391 g/mol. The Hall–Kier alpha value is -3.11. The number of aliphatic hydroxyl groups excluding tert-OH is 3. The number of rotatable bonds is 5. The zero-order valence-electron chi connectivity index (χ0n) is 15.9. The molecule has 156 valence electrons. The molecule has 0 bridgehead atoms. The molecule has 3 atom stereocenters. The minimum Gasteiger partial charge on any atom is -0.457 e. The van der Waals surface area contributed by atoms with Gasteiger partial charge in [-0.2, -0.15) is 0 Å². The fourth-order valence-electron chi connectivity index (χ4n) is 3.16. The van der Waals surface area contributed by atoms with Gasteiger partial charge in [0.1, 0.15) is 29.4 Å². The lowest BCUT2D eigenvalue weighted by Crippen LogP contribution is -2.23. The van der Waals surface area contributed by atoms with Gasteiger partial charge in [0.05, 0.1) is 17.9 Å². The Morgan fingerprint density at radius 1 is 0.967 bits per heavy atom. The van der Waals surface area contributed by atoms with E-state index in [1.807, 2.05) is 0 Å². The normalized spacial score (nSPS) is 19.7. The molecule has 5 N–H and O–H groups in total. The van der Waals surface area contributed by atoms with Crippen molar-refractivity contribution in [1.29, 1.82) is 0 Å². The van der Waals surface area contributed by atoms with Crippen LogP contribution in [0, 0.1) is 5.82 Å². The van der Waals surface area contributed by atoms with Crippen molar-refractivity contribution < 1.29 is 24.4 Å². The fourth-order valence-corrected chi connectivity index (χ4v) is 3.16. The van der Waals surface area contributed by atoms with Gasteiger partial charge in [0.2, 0.25) is 0 Å². The third-order valence-corrected chi connectivity index (χ3v) is 4.78. The van der Waals surface area contributed by atoms with Gasteiger partial charge in [-0.05, 0) is 48.5 Å². The van der Waals surface area contributed by atoms with Crippen molar-refractivity contribution in [2.24, 2.45) is 5.73 Å². The van der Waals surface area contributed by atoms with E-state index in [-0.39, 0.29) is 24.6 Å². The summed E-state index contributed by atoms with van der Waals surface area (Å²) >= 11 is 0. The SMILES string of the molecule is NC(O)c1cc(N2C[C@@H](O)[C@@H](O)C2)nc(-c2ccc(Oc3ccc(F)cc3)cc2)n1. The first kappa shape index (κ1) is 20.2. The Kier molecular flexibility index (Phi) is 5.60. The minimum absolute atomic E-state index is 0.210. The van der Waals surface area contributed by atoms with Crippen LogP contribution in [-0.4, -0.2) is 50.6 Å². The molecule has 0 saturated carbocycles. The van der Waals surface area contributed by atoms with Crippen molar-refractivity contribution in [2.75, 3.05) is 18.0 Å². The van der Waals surface area contributed by atoms with Crippen molar-refractivity contribution >= 4 is 5.82 Å². The monoisotopic (exact) mass is 412 g/mol. The first-order chi connectivity index (χ1) is 14.4. The molecule has 9 heteroatoms. The van der Waals surface area contributed by atoms with Crippen LogP contribution in [0.25, 0.3) is 11.4 Å². The van der Waals surface area contributed by atoms with E-state index in [9.17, 15) is 19.7 Å². The third kappa shape index (κ3) is 4.39. The van der Waals surface area contributed by atoms with Crippen molar-refractivity contribution in [3.8, 4) is 22.9 Å². The fraction of sp³-hybridized carbons (Fsp3) is 0.238. The highest BCUT2D eigenvalue weighted by atomic mass is 19.1. The summed E-state index contributed by atoms with van der Waals surface area (Å²) in [5, 5.41) is 29.5. The molecule has 1 aromatic heterocycles. The van der Waals surface area contributed by atoms with E-state index < -0.39 is 18.4 Å². The second-order valence-corrected chi connectivity index (χ2v) is 7.04. The van der Waals surface area contributed by atoms with E-state index in [1.54, 1.807) is 29.2 Å². The molecule has 1 aliphatic heterocycles. The second-order valence-electron chi connectivity index (χ2n) is 7.04. The summed E-state index contributed by atoms with van der Waals surface area (Å²) in [6, 6.07) is 14.2. The summed E-state index contributed by atoms with van der Waals surface area (Å²) < 4.78 is 18.7. The van der Waals surface area contributed by atoms with Crippen LogP contribution < -0.4 is 15.4 Å². The predicted octanol–water partition coefficient (Wildman–Crippen LogP) is 1.57. The van der Waals surface area contributed by atoms with Crippen molar-refractivity contribution in [3.05, 3.63) is 66.1 Å². The molecule has 2 aromatic carbocycles. The molecule has 4 rings (SSSR count). The molecule has 1 saturated heterocycles. The van der Waals surface area contributed by atoms with Gasteiger partial charge in [0.15, 0.2) is 5.82 Å². The Bertz CT molecular complexity index is 1000. The molecule has 0 amide bonds. The predicted molar refractivity (Wildman–Crippen MR) is 107 cm³/mol. The largest absolute Gasteiger partial charge is 0.457 e. The molecule has 0 spiro atoms. The third-order valence-electron chi connectivity index (χ3n) is 4.78. The van der Waals surface area contributed by atoms with E-state index in [1.165, 1.54) is 30.3 Å². The van der Waals surface area contributed by atoms with Crippen LogP contribution in [0.4, 0.5) is 10.2 Å². The number of aromatic nitrogens is 2. The molecule has 2 heterocycles. The van der Waals surface area contributed by atoms with Crippen LogP contribution in [-0.2, 0) is 0 Å². The number of ether oxygens (including phenoxy) is 1. The Morgan fingerprint density at radius 3 is 2.10 bits per heavy atom. The quantitative estimate of drug-likeness (QED) is 0.466. The summed E-state index contributed by atoms with van der Waals surface area (Å²) in [7, 11) is 0. The standard InChI is InChI=1S/C21H21FN4O4/c22-13-3-7-15(8-4-13)30-14-5-1-12(2-6-14)21-24-16(20(23)29)9-19(25-21)26-10-17(27)18(28)11-26/h1-9,17-18,20,27-29H,10-11,23H2/t17-,18+,20?. The molecule has 3 aromatic rings. The average molecular weight is 412 g/mol. The first-order valence-corrected chi connectivity index (χ1v) is 9.36. The molecule has 1 aliphatic rings. The van der Waals surface area contributed by atoms with E-state index in [0.717, 1.165) is 0 Å². The number of nitrogens with zero attached hydrogens (tertiary/aromatic N) is 3. The van der Waals surface area contributed by atoms with Crippen LogP contribution in [0.1, 0.15) is 11.9 Å². The summed E-state index contributed by atoms with van der Waals surface area (Å²) in [4.78, 5) is 10.5. The topological polar surface area (TPSA) is 125 Å². The van der Waals surface area contributed by atoms with Gasteiger partial charge in [-0.15, -0.1) is 0 Å². The van der Waals surface area contributed by atoms with Crippen molar-refractivity contribution in [1.82, 2.24) is 9.97 Å². The number of nitrogens with two attached hydrogens (primary N) is 1. The number of hydrogen-bond donors (Lipinski definition) is 4. The van der Waals surface area contributed by atoms with Gasteiger partial charge in [0.25, 0.3) is 0 Å². The summed E-state index contributed by atoms with van der Waals surface area (Å²) in [5.41, 5.74) is 6.48. The molecule has 0 radical (unpaired) electrons. The minimum atomic E-state index is -1.30. The zero-order chi connectivity index (χ0) is 21.3. The number of anilines is 1. The number of halogens is 1. The lowest BCUT2D eigenvalue weighted by atomic mass is 10.2. The smallest absolute Gasteiger partial charge is 0.161 e. The van der Waals surface area contributed by atoms with Crippen molar-refractivity contribution in [2.45, 2.75) is 18.4 Å². The van der Waals surface area contributed by atoms with Gasteiger partial charge in [0, 0.05) is 24.7 Å².